The second-order valence-corrected chi connectivity index (χ2v) is 5.68. The summed E-state index contributed by atoms with van der Waals surface area (Å²) in [5, 5.41) is 3.82. The van der Waals surface area contributed by atoms with E-state index in [2.05, 4.69) is 40.6 Å². The third-order valence-electron chi connectivity index (χ3n) is 4.45. The summed E-state index contributed by atoms with van der Waals surface area (Å²) in [6.45, 7) is 0. The summed E-state index contributed by atoms with van der Waals surface area (Å²) >= 11 is 0. The molecule has 2 aliphatic carbocycles. The van der Waals surface area contributed by atoms with Crippen LogP contribution < -0.4 is 5.32 Å². The van der Waals surface area contributed by atoms with E-state index in [-0.39, 0.29) is 0 Å². The van der Waals surface area contributed by atoms with E-state index < -0.39 is 0 Å². The Morgan fingerprint density at radius 1 is 0.947 bits per heavy atom. The van der Waals surface area contributed by atoms with E-state index >= 15 is 0 Å². The number of rotatable bonds is 2. The van der Waals surface area contributed by atoms with Crippen LogP contribution in [-0.2, 0) is 19.3 Å². The molecule has 0 saturated heterocycles. The van der Waals surface area contributed by atoms with Crippen LogP contribution in [0.15, 0.2) is 42.6 Å². The summed E-state index contributed by atoms with van der Waals surface area (Å²) < 4.78 is 0. The number of nitrogens with one attached hydrogen (secondary N) is 1. The molecule has 0 fully saturated rings. The van der Waals surface area contributed by atoms with Crippen molar-refractivity contribution in [2.45, 2.75) is 37.8 Å². The molecule has 1 heterocycles. The van der Waals surface area contributed by atoms with Gasteiger partial charge in [-0.15, -0.1) is 0 Å². The van der Waals surface area contributed by atoms with Crippen molar-refractivity contribution in [2.24, 2.45) is 0 Å². The Morgan fingerprint density at radius 2 is 1.68 bits per heavy atom. The van der Waals surface area contributed by atoms with Crippen molar-refractivity contribution in [3.63, 3.8) is 0 Å². The molecule has 1 N–H and O–H groups in total. The molecule has 1 aromatic heterocycles. The predicted octanol–water partition coefficient (Wildman–Crippen LogP) is 2.83. The van der Waals surface area contributed by atoms with Gasteiger partial charge in [0, 0.05) is 12.2 Å². The Morgan fingerprint density at radius 3 is 2.47 bits per heavy atom. The summed E-state index contributed by atoms with van der Waals surface area (Å²) in [4.78, 5) is 4.57. The van der Waals surface area contributed by atoms with E-state index in [9.17, 15) is 0 Å². The summed E-state index contributed by atoms with van der Waals surface area (Å²) in [5.74, 6) is 0. The van der Waals surface area contributed by atoms with Crippen LogP contribution in [0.3, 0.4) is 0 Å². The van der Waals surface area contributed by atoms with Crippen molar-refractivity contribution >= 4 is 0 Å². The van der Waals surface area contributed by atoms with Crippen LogP contribution in [0.1, 0.15) is 34.8 Å². The van der Waals surface area contributed by atoms with Gasteiger partial charge in [0.05, 0.1) is 11.7 Å². The van der Waals surface area contributed by atoms with Crippen LogP contribution in [0.25, 0.3) is 0 Å². The summed E-state index contributed by atoms with van der Waals surface area (Å²) in [7, 11) is 0. The lowest BCUT2D eigenvalue weighted by Crippen LogP contribution is -2.32. The molecule has 4 rings (SSSR count). The molecule has 96 valence electrons. The standard InChI is InChI=1S/C17H18N2/c1-2-5-14-11-15(10-13(14)4-1)19-16-8-7-12-6-3-9-18-17(12)16/h1-6,9,15-16,19H,7-8,10-11H2. The number of hydrogen-bond donors (Lipinski definition) is 1. The molecule has 0 amide bonds. The fourth-order valence-electron chi connectivity index (χ4n) is 3.54. The molecular weight excluding hydrogens is 232 g/mol. The molecule has 19 heavy (non-hydrogen) atoms. The summed E-state index contributed by atoms with van der Waals surface area (Å²) in [6, 6.07) is 14.1. The Labute approximate surface area is 113 Å². The van der Waals surface area contributed by atoms with Crippen molar-refractivity contribution in [2.75, 3.05) is 0 Å². The zero-order valence-corrected chi connectivity index (χ0v) is 11.0. The van der Waals surface area contributed by atoms with Crippen molar-refractivity contribution in [3.8, 4) is 0 Å². The Balaban J connectivity index is 1.50. The third kappa shape index (κ3) is 1.96. The Kier molecular flexibility index (Phi) is 2.63. The van der Waals surface area contributed by atoms with Gasteiger partial charge >= 0.3 is 0 Å². The van der Waals surface area contributed by atoms with Gasteiger partial charge in [0.25, 0.3) is 0 Å². The van der Waals surface area contributed by atoms with Gasteiger partial charge in [-0.3, -0.25) is 4.98 Å². The quantitative estimate of drug-likeness (QED) is 0.886. The molecule has 0 bridgehead atoms. The van der Waals surface area contributed by atoms with Gasteiger partial charge in [-0.2, -0.15) is 0 Å². The number of nitrogens with zero attached hydrogens (tertiary/aromatic N) is 1. The number of aryl methyl sites for hydroxylation is 1. The Hall–Kier alpha value is -1.67. The predicted molar refractivity (Wildman–Crippen MR) is 76.1 cm³/mol. The maximum atomic E-state index is 4.57. The zero-order valence-electron chi connectivity index (χ0n) is 11.0. The second-order valence-electron chi connectivity index (χ2n) is 5.68. The van der Waals surface area contributed by atoms with E-state index in [1.165, 1.54) is 35.2 Å². The molecular formula is C17H18N2. The van der Waals surface area contributed by atoms with Gasteiger partial charge < -0.3 is 5.32 Å². The highest BCUT2D eigenvalue weighted by atomic mass is 15.0. The molecule has 1 aromatic carbocycles. The molecule has 2 nitrogen and oxygen atoms in total. The smallest absolute Gasteiger partial charge is 0.0605 e. The van der Waals surface area contributed by atoms with Gasteiger partial charge in [-0.05, 0) is 48.4 Å². The number of pyridine rings is 1. The number of aromatic nitrogens is 1. The fraction of sp³-hybridized carbons (Fsp3) is 0.353. The van der Waals surface area contributed by atoms with E-state index in [0.29, 0.717) is 12.1 Å². The highest BCUT2D eigenvalue weighted by Gasteiger charge is 2.28. The zero-order chi connectivity index (χ0) is 12.7. The molecule has 0 aliphatic heterocycles. The largest absolute Gasteiger partial charge is 0.305 e. The SMILES string of the molecule is c1ccc2c(c1)CC(NC1CCc3cccnc31)C2. The maximum Gasteiger partial charge on any atom is 0.0605 e. The summed E-state index contributed by atoms with van der Waals surface area (Å²) in [6.07, 6.45) is 6.60. The van der Waals surface area contributed by atoms with Crippen LogP contribution >= 0.6 is 0 Å². The normalized spacial score (nSPS) is 21.4. The van der Waals surface area contributed by atoms with Crippen molar-refractivity contribution in [1.29, 1.82) is 0 Å². The second kappa shape index (κ2) is 4.46. The van der Waals surface area contributed by atoms with Gasteiger partial charge in [0.2, 0.25) is 0 Å². The van der Waals surface area contributed by atoms with Gasteiger partial charge in [0.1, 0.15) is 0 Å². The summed E-state index contributed by atoms with van der Waals surface area (Å²) in [5.41, 5.74) is 5.73. The fourth-order valence-corrected chi connectivity index (χ4v) is 3.54. The molecule has 2 heteroatoms. The molecule has 0 spiro atoms. The van der Waals surface area contributed by atoms with Crippen LogP contribution in [-0.4, -0.2) is 11.0 Å². The average molecular weight is 250 g/mol. The molecule has 0 radical (unpaired) electrons. The van der Waals surface area contributed by atoms with E-state index in [1.54, 1.807) is 0 Å². The van der Waals surface area contributed by atoms with E-state index in [4.69, 9.17) is 0 Å². The van der Waals surface area contributed by atoms with Crippen LogP contribution in [0.4, 0.5) is 0 Å². The first-order valence-corrected chi connectivity index (χ1v) is 7.17. The highest BCUT2D eigenvalue weighted by Crippen LogP contribution is 2.31. The maximum absolute atomic E-state index is 4.57. The minimum absolute atomic E-state index is 0.454. The topological polar surface area (TPSA) is 24.9 Å². The number of benzene rings is 1. The van der Waals surface area contributed by atoms with Crippen LogP contribution in [0.5, 0.6) is 0 Å². The van der Waals surface area contributed by atoms with E-state index in [0.717, 1.165) is 12.8 Å². The minimum Gasteiger partial charge on any atom is -0.305 e. The number of fused-ring (bicyclic) bond motifs is 2. The van der Waals surface area contributed by atoms with Crippen molar-refractivity contribution < 1.29 is 0 Å². The van der Waals surface area contributed by atoms with Crippen LogP contribution in [0, 0.1) is 0 Å². The first-order chi connectivity index (χ1) is 9.40. The van der Waals surface area contributed by atoms with Gasteiger partial charge in [-0.25, -0.2) is 0 Å². The lowest BCUT2D eigenvalue weighted by molar-refractivity contribution is 0.437. The average Bonchev–Trinajstić information content (AvgIpc) is 3.03. The highest BCUT2D eigenvalue weighted by molar-refractivity contribution is 5.34. The minimum atomic E-state index is 0.454. The first-order valence-electron chi connectivity index (χ1n) is 7.17. The molecule has 1 unspecified atom stereocenters. The third-order valence-corrected chi connectivity index (χ3v) is 4.45. The lowest BCUT2D eigenvalue weighted by atomic mass is 10.1. The molecule has 2 aromatic rings. The first kappa shape index (κ1) is 11.2. The molecule has 2 aliphatic rings. The lowest BCUT2D eigenvalue weighted by Gasteiger charge is -2.18. The van der Waals surface area contributed by atoms with Crippen molar-refractivity contribution in [3.05, 3.63) is 65.0 Å². The van der Waals surface area contributed by atoms with Crippen LogP contribution in [0.2, 0.25) is 0 Å². The molecule has 1 atom stereocenters. The Bertz CT molecular complexity index is 581. The molecule has 0 saturated carbocycles. The van der Waals surface area contributed by atoms with Crippen molar-refractivity contribution in [1.82, 2.24) is 10.3 Å². The van der Waals surface area contributed by atoms with Gasteiger partial charge in [0.15, 0.2) is 0 Å². The van der Waals surface area contributed by atoms with Gasteiger partial charge in [-0.1, -0.05) is 30.3 Å². The monoisotopic (exact) mass is 250 g/mol. The number of hydrogen-bond acceptors (Lipinski definition) is 2. The van der Waals surface area contributed by atoms with E-state index in [1.807, 2.05) is 12.3 Å².